The van der Waals surface area contributed by atoms with Gasteiger partial charge < -0.3 is 20.1 Å². The summed E-state index contributed by atoms with van der Waals surface area (Å²) in [5.74, 6) is 1.98. The summed E-state index contributed by atoms with van der Waals surface area (Å²) in [4.78, 5) is 17.0. The summed E-state index contributed by atoms with van der Waals surface area (Å²) in [6, 6.07) is 11.6. The zero-order valence-electron chi connectivity index (χ0n) is 15.6. The van der Waals surface area contributed by atoms with Crippen LogP contribution in [0, 0.1) is 6.92 Å². The molecular weight excluding hydrogens is 382 g/mol. The van der Waals surface area contributed by atoms with E-state index in [0.717, 1.165) is 5.56 Å². The number of amides is 2. The van der Waals surface area contributed by atoms with E-state index in [0.29, 0.717) is 33.9 Å². The van der Waals surface area contributed by atoms with Crippen LogP contribution < -0.4 is 20.1 Å². The number of anilines is 1. The van der Waals surface area contributed by atoms with Crippen molar-refractivity contribution in [3.05, 3.63) is 64.7 Å². The van der Waals surface area contributed by atoms with Crippen LogP contribution in [0.5, 0.6) is 11.5 Å². The Balaban J connectivity index is 1.84. The van der Waals surface area contributed by atoms with Gasteiger partial charge in [0, 0.05) is 6.07 Å². The highest BCUT2D eigenvalue weighted by atomic mass is 35.5. The highest BCUT2D eigenvalue weighted by molar-refractivity contribution is 6.32. The number of hydrogen-bond acceptors (Lipinski definition) is 5. The van der Waals surface area contributed by atoms with Gasteiger partial charge in [-0.25, -0.2) is 9.78 Å². The van der Waals surface area contributed by atoms with E-state index in [2.05, 4.69) is 25.8 Å². The molecule has 1 atom stereocenters. The van der Waals surface area contributed by atoms with Gasteiger partial charge in [-0.2, -0.15) is 5.10 Å². The second kappa shape index (κ2) is 8.62. The standard InChI is InChI=1S/C19H20ClN5O3/c1-11-21-18(25-24-11)17(12-7-5-4-6-8-12)23-19(26)22-14-9-13(20)15(27-2)10-16(14)28-3/h4-10,17H,1-3H3,(H,21,24,25)(H2,22,23,26). The molecule has 3 N–H and O–H groups in total. The van der Waals surface area contributed by atoms with Crippen LogP contribution in [0.15, 0.2) is 42.5 Å². The van der Waals surface area contributed by atoms with Gasteiger partial charge in [0.15, 0.2) is 5.82 Å². The van der Waals surface area contributed by atoms with E-state index in [1.165, 1.54) is 14.2 Å². The van der Waals surface area contributed by atoms with Crippen molar-refractivity contribution in [1.29, 1.82) is 0 Å². The number of methoxy groups -OCH3 is 2. The lowest BCUT2D eigenvalue weighted by atomic mass is 10.1. The molecule has 0 aliphatic heterocycles. The van der Waals surface area contributed by atoms with Crippen LogP contribution in [0.3, 0.4) is 0 Å². The molecule has 28 heavy (non-hydrogen) atoms. The summed E-state index contributed by atoms with van der Waals surface area (Å²) in [5.41, 5.74) is 1.25. The minimum absolute atomic E-state index is 0.350. The molecule has 0 bridgehead atoms. The van der Waals surface area contributed by atoms with Gasteiger partial charge in [0.05, 0.1) is 24.9 Å². The van der Waals surface area contributed by atoms with Crippen molar-refractivity contribution in [2.24, 2.45) is 0 Å². The van der Waals surface area contributed by atoms with Gasteiger partial charge in [0.2, 0.25) is 0 Å². The molecule has 146 valence electrons. The number of halogens is 1. The maximum atomic E-state index is 12.7. The molecule has 2 aromatic carbocycles. The third-order valence-corrected chi connectivity index (χ3v) is 4.30. The van der Waals surface area contributed by atoms with Gasteiger partial charge in [-0.1, -0.05) is 41.9 Å². The van der Waals surface area contributed by atoms with Crippen LogP contribution in [0.25, 0.3) is 0 Å². The Labute approximate surface area is 167 Å². The maximum absolute atomic E-state index is 12.7. The Bertz CT molecular complexity index is 961. The molecule has 3 aromatic rings. The lowest BCUT2D eigenvalue weighted by Gasteiger charge is -2.18. The number of aromatic nitrogens is 3. The van der Waals surface area contributed by atoms with Crippen molar-refractivity contribution in [3.63, 3.8) is 0 Å². The fourth-order valence-electron chi connectivity index (χ4n) is 2.68. The molecular formula is C19H20ClN5O3. The van der Waals surface area contributed by atoms with Crippen LogP contribution >= 0.6 is 11.6 Å². The van der Waals surface area contributed by atoms with E-state index >= 15 is 0 Å². The van der Waals surface area contributed by atoms with E-state index in [4.69, 9.17) is 21.1 Å². The average Bonchev–Trinajstić information content (AvgIpc) is 3.13. The summed E-state index contributed by atoms with van der Waals surface area (Å²) >= 11 is 6.17. The van der Waals surface area contributed by atoms with Crippen LogP contribution in [-0.4, -0.2) is 35.4 Å². The predicted molar refractivity (Wildman–Crippen MR) is 106 cm³/mol. The first kappa shape index (κ1) is 19.5. The second-order valence-electron chi connectivity index (χ2n) is 5.91. The zero-order chi connectivity index (χ0) is 20.1. The Morgan fingerprint density at radius 2 is 1.86 bits per heavy atom. The molecule has 1 heterocycles. The molecule has 0 aliphatic carbocycles. The molecule has 0 saturated carbocycles. The Kier molecular flexibility index (Phi) is 6.00. The SMILES string of the molecule is COc1cc(OC)c(NC(=O)NC(c2ccccc2)c2n[nH]c(C)n2)cc1Cl. The number of carbonyl (C=O) groups excluding carboxylic acids is 1. The van der Waals surface area contributed by atoms with Crippen LogP contribution in [0.4, 0.5) is 10.5 Å². The molecule has 2 amide bonds. The topological polar surface area (TPSA) is 101 Å². The Morgan fingerprint density at radius 3 is 2.46 bits per heavy atom. The van der Waals surface area contributed by atoms with Crippen LogP contribution in [0.2, 0.25) is 5.02 Å². The number of aryl methyl sites for hydroxylation is 1. The smallest absolute Gasteiger partial charge is 0.320 e. The number of H-pyrrole nitrogens is 1. The van der Waals surface area contributed by atoms with Gasteiger partial charge in [-0.3, -0.25) is 5.10 Å². The van der Waals surface area contributed by atoms with Gasteiger partial charge in [-0.05, 0) is 18.6 Å². The Hall–Kier alpha value is -3.26. The largest absolute Gasteiger partial charge is 0.495 e. The normalized spacial score (nSPS) is 11.6. The van der Waals surface area contributed by atoms with Crippen molar-refractivity contribution in [3.8, 4) is 11.5 Å². The molecule has 0 saturated heterocycles. The van der Waals surface area contributed by atoms with E-state index in [-0.39, 0.29) is 0 Å². The fourth-order valence-corrected chi connectivity index (χ4v) is 2.92. The van der Waals surface area contributed by atoms with E-state index in [1.54, 1.807) is 19.1 Å². The maximum Gasteiger partial charge on any atom is 0.320 e. The van der Waals surface area contributed by atoms with E-state index < -0.39 is 12.1 Å². The number of urea groups is 1. The molecule has 8 nitrogen and oxygen atoms in total. The van der Waals surface area contributed by atoms with Crippen molar-refractivity contribution < 1.29 is 14.3 Å². The lowest BCUT2D eigenvalue weighted by Crippen LogP contribution is -2.34. The van der Waals surface area contributed by atoms with Gasteiger partial charge in [0.25, 0.3) is 0 Å². The zero-order valence-corrected chi connectivity index (χ0v) is 16.4. The monoisotopic (exact) mass is 401 g/mol. The number of rotatable bonds is 6. The number of nitrogens with one attached hydrogen (secondary N) is 3. The summed E-state index contributed by atoms with van der Waals surface area (Å²) < 4.78 is 10.5. The summed E-state index contributed by atoms with van der Waals surface area (Å²) in [7, 11) is 3.00. The third kappa shape index (κ3) is 4.34. The highest BCUT2D eigenvalue weighted by Crippen LogP contribution is 2.36. The van der Waals surface area contributed by atoms with Gasteiger partial charge in [-0.15, -0.1) is 0 Å². The van der Waals surface area contributed by atoms with E-state index in [9.17, 15) is 4.79 Å². The van der Waals surface area contributed by atoms with E-state index in [1.807, 2.05) is 30.3 Å². The number of nitrogens with zero attached hydrogens (tertiary/aromatic N) is 2. The van der Waals surface area contributed by atoms with Crippen LogP contribution in [-0.2, 0) is 0 Å². The van der Waals surface area contributed by atoms with Crippen molar-refractivity contribution in [2.75, 3.05) is 19.5 Å². The summed E-state index contributed by atoms with van der Waals surface area (Å²) in [5, 5.41) is 13.0. The number of carbonyl (C=O) groups is 1. The first-order valence-corrected chi connectivity index (χ1v) is 8.82. The second-order valence-corrected chi connectivity index (χ2v) is 6.32. The average molecular weight is 402 g/mol. The van der Waals surface area contributed by atoms with Crippen molar-refractivity contribution in [2.45, 2.75) is 13.0 Å². The molecule has 3 rings (SSSR count). The minimum atomic E-state index is -0.536. The molecule has 1 aromatic heterocycles. The minimum Gasteiger partial charge on any atom is -0.495 e. The molecule has 0 spiro atoms. The summed E-state index contributed by atoms with van der Waals surface area (Å²) in [6.45, 7) is 1.79. The van der Waals surface area contributed by atoms with Gasteiger partial charge >= 0.3 is 6.03 Å². The number of hydrogen-bond donors (Lipinski definition) is 3. The van der Waals surface area contributed by atoms with Crippen LogP contribution in [0.1, 0.15) is 23.3 Å². The highest BCUT2D eigenvalue weighted by Gasteiger charge is 2.22. The number of aromatic amines is 1. The first-order chi connectivity index (χ1) is 13.5. The predicted octanol–water partition coefficient (Wildman–Crippen LogP) is 3.69. The molecule has 1 unspecified atom stereocenters. The molecule has 0 aliphatic rings. The fraction of sp³-hybridized carbons (Fsp3) is 0.211. The quantitative estimate of drug-likeness (QED) is 0.584. The number of benzene rings is 2. The first-order valence-electron chi connectivity index (χ1n) is 8.44. The third-order valence-electron chi connectivity index (χ3n) is 4.00. The summed E-state index contributed by atoms with van der Waals surface area (Å²) in [6.07, 6.45) is 0. The molecule has 0 radical (unpaired) electrons. The van der Waals surface area contributed by atoms with Crippen molar-refractivity contribution in [1.82, 2.24) is 20.5 Å². The molecule has 0 fully saturated rings. The lowest BCUT2D eigenvalue weighted by molar-refractivity contribution is 0.249. The molecule has 9 heteroatoms. The Morgan fingerprint density at radius 1 is 1.14 bits per heavy atom. The van der Waals surface area contributed by atoms with Crippen molar-refractivity contribution >= 4 is 23.3 Å². The number of ether oxygens (including phenoxy) is 2. The van der Waals surface area contributed by atoms with Gasteiger partial charge in [0.1, 0.15) is 23.4 Å².